The summed E-state index contributed by atoms with van der Waals surface area (Å²) in [5.74, 6) is -0.361. The van der Waals surface area contributed by atoms with E-state index in [0.29, 0.717) is 20.8 Å². The molecule has 1 aromatic heterocycles. The number of fused-ring (bicyclic) bond motifs is 1. The van der Waals surface area contributed by atoms with Crippen molar-refractivity contribution in [3.63, 3.8) is 0 Å². The number of carbonyl (C=O) groups is 1. The van der Waals surface area contributed by atoms with Crippen molar-refractivity contribution in [2.45, 2.75) is 38.1 Å². The highest BCUT2D eigenvalue weighted by molar-refractivity contribution is 6.35. The Hall–Kier alpha value is -2.79. The molecule has 0 fully saturated rings. The van der Waals surface area contributed by atoms with E-state index in [4.69, 9.17) is 39.9 Å². The maximum atomic E-state index is 13.5. The molecule has 0 bridgehead atoms. The molecule has 3 aromatic carbocycles. The molecule has 0 radical (unpaired) electrons. The molecule has 4 aromatic rings. The van der Waals surface area contributed by atoms with Crippen LogP contribution in [0.3, 0.4) is 0 Å². The number of amides is 1. The molecule has 178 valence electrons. The van der Waals surface area contributed by atoms with Crippen LogP contribution in [0.15, 0.2) is 72.8 Å². The summed E-state index contributed by atoms with van der Waals surface area (Å²) < 4.78 is 1.85. The molecule has 0 saturated heterocycles. The van der Waals surface area contributed by atoms with Crippen molar-refractivity contribution in [1.29, 1.82) is 0 Å². The lowest BCUT2D eigenvalue weighted by Gasteiger charge is -2.23. The predicted molar refractivity (Wildman–Crippen MR) is 143 cm³/mol. The maximum Gasteiger partial charge on any atom is 0.229 e. The molecule has 1 amide bonds. The molecule has 7 heteroatoms. The lowest BCUT2D eigenvalue weighted by Crippen LogP contribution is -2.33. The first-order valence-electron chi connectivity index (χ1n) is 11.6. The Balaban J connectivity index is 1.58. The topological polar surface area (TPSA) is 46.9 Å². The second kappa shape index (κ2) is 10.1. The summed E-state index contributed by atoms with van der Waals surface area (Å²) in [5.41, 5.74) is 5.54. The number of nitrogens with zero attached hydrogens (tertiary/aromatic N) is 2. The number of hydrogen-bond acceptors (Lipinski definition) is 2. The van der Waals surface area contributed by atoms with Crippen LogP contribution in [0.2, 0.25) is 15.1 Å². The molecular formula is C28H24Cl3N3O. The highest BCUT2D eigenvalue weighted by Gasteiger charge is 2.34. The number of nitrogens with one attached hydrogen (secondary N) is 1. The maximum absolute atomic E-state index is 13.5. The predicted octanol–water partition coefficient (Wildman–Crippen LogP) is 7.80. The average Bonchev–Trinajstić information content (AvgIpc) is 3.24. The van der Waals surface area contributed by atoms with Crippen LogP contribution in [0.1, 0.15) is 48.5 Å². The Bertz CT molecular complexity index is 1370. The summed E-state index contributed by atoms with van der Waals surface area (Å²) in [6.45, 7) is 2.00. The van der Waals surface area contributed by atoms with Crippen LogP contribution in [-0.2, 0) is 11.2 Å². The molecule has 1 aliphatic rings. The second-order valence-corrected chi connectivity index (χ2v) is 10.1. The van der Waals surface area contributed by atoms with E-state index in [1.807, 2.05) is 72.3 Å². The van der Waals surface area contributed by atoms with Gasteiger partial charge in [-0.3, -0.25) is 4.79 Å². The van der Waals surface area contributed by atoms with Gasteiger partial charge in [0.2, 0.25) is 5.91 Å². The van der Waals surface area contributed by atoms with Crippen molar-refractivity contribution in [3.8, 4) is 16.9 Å². The van der Waals surface area contributed by atoms with Gasteiger partial charge in [0.05, 0.1) is 34.1 Å². The third kappa shape index (κ3) is 4.84. The molecule has 35 heavy (non-hydrogen) atoms. The molecule has 4 nitrogen and oxygen atoms in total. The Labute approximate surface area is 219 Å². The zero-order chi connectivity index (χ0) is 24.5. The summed E-state index contributed by atoms with van der Waals surface area (Å²) in [5, 5.41) is 9.88. The van der Waals surface area contributed by atoms with Crippen LogP contribution in [0.4, 0.5) is 0 Å². The highest BCUT2D eigenvalue weighted by Crippen LogP contribution is 2.40. The highest BCUT2D eigenvalue weighted by atomic mass is 35.5. The monoisotopic (exact) mass is 523 g/mol. The molecule has 1 heterocycles. The van der Waals surface area contributed by atoms with Crippen LogP contribution in [0.5, 0.6) is 0 Å². The minimum atomic E-state index is -0.344. The fourth-order valence-electron chi connectivity index (χ4n) is 4.74. The summed E-state index contributed by atoms with van der Waals surface area (Å²) in [6.07, 6.45) is 2.47. The fraction of sp³-hybridized carbons (Fsp3) is 0.214. The van der Waals surface area contributed by atoms with Crippen molar-refractivity contribution in [1.82, 2.24) is 15.1 Å². The van der Waals surface area contributed by atoms with Crippen molar-refractivity contribution >= 4 is 40.7 Å². The quantitative estimate of drug-likeness (QED) is 0.289. The molecule has 0 aliphatic heterocycles. The molecular weight excluding hydrogens is 501 g/mol. The lowest BCUT2D eigenvalue weighted by molar-refractivity contribution is -0.123. The van der Waals surface area contributed by atoms with E-state index in [0.717, 1.165) is 47.3 Å². The van der Waals surface area contributed by atoms with Gasteiger partial charge in [-0.1, -0.05) is 77.3 Å². The van der Waals surface area contributed by atoms with E-state index in [9.17, 15) is 4.79 Å². The second-order valence-electron chi connectivity index (χ2n) is 8.81. The van der Waals surface area contributed by atoms with Gasteiger partial charge < -0.3 is 5.32 Å². The minimum Gasteiger partial charge on any atom is -0.349 e. The van der Waals surface area contributed by atoms with Crippen LogP contribution < -0.4 is 5.32 Å². The zero-order valence-electron chi connectivity index (χ0n) is 19.1. The molecule has 1 N–H and O–H groups in total. The van der Waals surface area contributed by atoms with Crippen LogP contribution in [-0.4, -0.2) is 15.7 Å². The molecule has 1 aliphatic carbocycles. The van der Waals surface area contributed by atoms with Crippen molar-refractivity contribution < 1.29 is 4.79 Å². The SMILES string of the molecule is C[C@@H](NC(=O)[C@@H]1CCCc2c1nn(-c1ccc(Cl)cc1Cl)c2-c1ccc(Cl)cc1)c1ccccc1. The molecule has 0 spiro atoms. The van der Waals surface area contributed by atoms with Gasteiger partial charge in [0.25, 0.3) is 0 Å². The summed E-state index contributed by atoms with van der Waals surface area (Å²) in [4.78, 5) is 13.5. The van der Waals surface area contributed by atoms with Gasteiger partial charge in [-0.25, -0.2) is 4.68 Å². The summed E-state index contributed by atoms with van der Waals surface area (Å²) >= 11 is 18.9. The summed E-state index contributed by atoms with van der Waals surface area (Å²) in [7, 11) is 0. The van der Waals surface area contributed by atoms with E-state index >= 15 is 0 Å². The number of hydrogen-bond donors (Lipinski definition) is 1. The molecule has 5 rings (SSSR count). The molecule has 2 atom stereocenters. The fourth-order valence-corrected chi connectivity index (χ4v) is 5.35. The zero-order valence-corrected chi connectivity index (χ0v) is 21.4. The van der Waals surface area contributed by atoms with Crippen molar-refractivity contribution in [2.24, 2.45) is 0 Å². The van der Waals surface area contributed by atoms with E-state index in [2.05, 4.69) is 5.32 Å². The van der Waals surface area contributed by atoms with Crippen LogP contribution >= 0.6 is 34.8 Å². The largest absolute Gasteiger partial charge is 0.349 e. The Kier molecular flexibility index (Phi) is 6.88. The van der Waals surface area contributed by atoms with Crippen molar-refractivity contribution in [2.75, 3.05) is 0 Å². The molecule has 0 saturated carbocycles. The summed E-state index contributed by atoms with van der Waals surface area (Å²) in [6, 6.07) is 22.9. The Morgan fingerprint density at radius 3 is 2.43 bits per heavy atom. The van der Waals surface area contributed by atoms with Gasteiger partial charge in [-0.2, -0.15) is 5.10 Å². The normalized spacial score (nSPS) is 15.9. The number of rotatable bonds is 5. The van der Waals surface area contributed by atoms with E-state index < -0.39 is 0 Å². The van der Waals surface area contributed by atoms with Gasteiger partial charge in [0.15, 0.2) is 0 Å². The lowest BCUT2D eigenvalue weighted by atomic mass is 9.85. The standard InChI is InChI=1S/C28H24Cl3N3O/c1-17(18-6-3-2-4-7-18)32-28(35)23-9-5-8-22-26(23)33-34(25-15-14-21(30)16-24(25)31)27(22)19-10-12-20(29)13-11-19/h2-4,6-7,10-17,23H,5,8-9H2,1H3,(H,32,35)/t17-,23-/m1/s1. The number of halogens is 3. The first-order valence-corrected chi connectivity index (χ1v) is 12.7. The first kappa shape index (κ1) is 23.9. The van der Waals surface area contributed by atoms with Crippen molar-refractivity contribution in [3.05, 3.63) is 105 Å². The number of aromatic nitrogens is 2. The third-order valence-electron chi connectivity index (χ3n) is 6.49. The molecule has 0 unspecified atom stereocenters. The smallest absolute Gasteiger partial charge is 0.229 e. The average molecular weight is 525 g/mol. The first-order chi connectivity index (χ1) is 16.9. The Morgan fingerprint density at radius 1 is 1.00 bits per heavy atom. The van der Waals surface area contributed by atoms with Gasteiger partial charge in [-0.15, -0.1) is 0 Å². The Morgan fingerprint density at radius 2 is 1.71 bits per heavy atom. The van der Waals surface area contributed by atoms with Crippen LogP contribution in [0.25, 0.3) is 16.9 Å². The van der Waals surface area contributed by atoms with Gasteiger partial charge >= 0.3 is 0 Å². The number of carbonyl (C=O) groups excluding carboxylic acids is 1. The van der Waals surface area contributed by atoms with Gasteiger partial charge in [0, 0.05) is 21.2 Å². The van der Waals surface area contributed by atoms with E-state index in [-0.39, 0.29) is 17.9 Å². The van der Waals surface area contributed by atoms with Crippen LogP contribution in [0, 0.1) is 0 Å². The minimum absolute atomic E-state index is 0.0168. The van der Waals surface area contributed by atoms with Gasteiger partial charge in [-0.05, 0) is 62.1 Å². The third-order valence-corrected chi connectivity index (χ3v) is 7.28. The van der Waals surface area contributed by atoms with E-state index in [1.165, 1.54) is 0 Å². The van der Waals surface area contributed by atoms with E-state index in [1.54, 1.807) is 12.1 Å². The number of benzene rings is 3. The van der Waals surface area contributed by atoms with Gasteiger partial charge in [0.1, 0.15) is 0 Å².